The molecule has 1 unspecified atom stereocenters. The molecule has 18 heavy (non-hydrogen) atoms. The fraction of sp³-hybridized carbons (Fsp3) is 0.667. The third kappa shape index (κ3) is 5.12. The Kier molecular flexibility index (Phi) is 5.25. The van der Waals surface area contributed by atoms with E-state index < -0.39 is 11.6 Å². The summed E-state index contributed by atoms with van der Waals surface area (Å²) in [5.41, 5.74) is -0.0578. The van der Waals surface area contributed by atoms with Crippen molar-refractivity contribution in [1.29, 1.82) is 0 Å². The monoisotopic (exact) mass is 272 g/mol. The Morgan fingerprint density at radius 3 is 2.78 bits per heavy atom. The van der Waals surface area contributed by atoms with Crippen LogP contribution in [0, 0.1) is 5.92 Å². The van der Waals surface area contributed by atoms with Gasteiger partial charge in [0.15, 0.2) is 0 Å². The van der Waals surface area contributed by atoms with Gasteiger partial charge in [0.2, 0.25) is 5.01 Å². The predicted octanol–water partition coefficient (Wildman–Crippen LogP) is 1.73. The molecule has 0 aliphatic heterocycles. The second-order valence-electron chi connectivity index (χ2n) is 5.15. The zero-order valence-electron chi connectivity index (χ0n) is 10.9. The van der Waals surface area contributed by atoms with Crippen LogP contribution in [-0.4, -0.2) is 33.3 Å². The minimum atomic E-state index is -1.00. The number of aromatic nitrogens is 1. The number of carboxylic acid groups (broad SMARTS) is 1. The van der Waals surface area contributed by atoms with E-state index in [-0.39, 0.29) is 5.01 Å². The maximum atomic E-state index is 10.7. The molecule has 0 aromatic carbocycles. The third-order valence-electron chi connectivity index (χ3n) is 2.39. The van der Waals surface area contributed by atoms with E-state index in [0.717, 1.165) is 17.8 Å². The van der Waals surface area contributed by atoms with E-state index in [1.807, 2.05) is 0 Å². The summed E-state index contributed by atoms with van der Waals surface area (Å²) in [6.45, 7) is 6.86. The minimum absolute atomic E-state index is 0.0979. The summed E-state index contributed by atoms with van der Waals surface area (Å²) in [6.07, 6.45) is 0.720. The molecule has 5 nitrogen and oxygen atoms in total. The summed E-state index contributed by atoms with van der Waals surface area (Å²) in [4.78, 5) is 14.6. The van der Waals surface area contributed by atoms with Gasteiger partial charge in [0, 0.05) is 18.5 Å². The van der Waals surface area contributed by atoms with Crippen molar-refractivity contribution in [2.75, 3.05) is 6.54 Å². The largest absolute Gasteiger partial charge is 0.476 e. The van der Waals surface area contributed by atoms with Gasteiger partial charge >= 0.3 is 5.97 Å². The number of rotatable bonds is 7. The van der Waals surface area contributed by atoms with E-state index in [0.29, 0.717) is 24.7 Å². The fourth-order valence-electron chi connectivity index (χ4n) is 1.90. The topological polar surface area (TPSA) is 82.5 Å². The van der Waals surface area contributed by atoms with Crippen molar-refractivity contribution in [3.8, 4) is 0 Å². The van der Waals surface area contributed by atoms with Gasteiger partial charge in [0.05, 0.1) is 11.3 Å². The van der Waals surface area contributed by atoms with Gasteiger partial charge in [-0.25, -0.2) is 9.78 Å². The van der Waals surface area contributed by atoms with Crippen molar-refractivity contribution in [3.05, 3.63) is 16.1 Å². The first kappa shape index (κ1) is 15.1. The normalized spacial score (nSPS) is 14.7. The van der Waals surface area contributed by atoms with E-state index >= 15 is 0 Å². The third-order valence-corrected chi connectivity index (χ3v) is 3.27. The molecule has 1 aromatic heterocycles. The van der Waals surface area contributed by atoms with E-state index in [9.17, 15) is 9.90 Å². The Morgan fingerprint density at radius 2 is 2.28 bits per heavy atom. The fourth-order valence-corrected chi connectivity index (χ4v) is 2.55. The summed E-state index contributed by atoms with van der Waals surface area (Å²) in [7, 11) is 0. The Bertz CT molecular complexity index is 402. The molecule has 0 saturated heterocycles. The minimum Gasteiger partial charge on any atom is -0.476 e. The molecule has 1 atom stereocenters. The van der Waals surface area contributed by atoms with E-state index in [4.69, 9.17) is 5.11 Å². The van der Waals surface area contributed by atoms with Gasteiger partial charge in [-0.15, -0.1) is 11.3 Å². The zero-order valence-corrected chi connectivity index (χ0v) is 11.8. The Balaban J connectivity index is 2.39. The van der Waals surface area contributed by atoms with Crippen molar-refractivity contribution in [1.82, 2.24) is 10.3 Å². The molecule has 1 rings (SSSR count). The second kappa shape index (κ2) is 6.26. The highest BCUT2D eigenvalue weighted by molar-refractivity contribution is 7.11. The smallest absolute Gasteiger partial charge is 0.365 e. The first-order valence-electron chi connectivity index (χ1n) is 5.91. The first-order chi connectivity index (χ1) is 8.30. The average Bonchev–Trinajstić information content (AvgIpc) is 2.63. The van der Waals surface area contributed by atoms with Crippen molar-refractivity contribution in [3.63, 3.8) is 0 Å². The van der Waals surface area contributed by atoms with Gasteiger partial charge in [0.1, 0.15) is 0 Å². The van der Waals surface area contributed by atoms with Crippen LogP contribution in [0.2, 0.25) is 0 Å². The molecule has 0 amide bonds. The number of hydrogen-bond acceptors (Lipinski definition) is 5. The Hall–Kier alpha value is -0.980. The number of thiazole rings is 1. The number of carbonyl (C=O) groups is 1. The molecule has 0 saturated carbocycles. The number of aromatic carboxylic acids is 1. The zero-order chi connectivity index (χ0) is 13.8. The predicted molar refractivity (Wildman–Crippen MR) is 70.9 cm³/mol. The number of hydrogen-bond donors (Lipinski definition) is 3. The van der Waals surface area contributed by atoms with Crippen LogP contribution < -0.4 is 5.32 Å². The highest BCUT2D eigenvalue weighted by Crippen LogP contribution is 2.15. The highest BCUT2D eigenvalue weighted by Gasteiger charge is 2.21. The quantitative estimate of drug-likeness (QED) is 0.704. The van der Waals surface area contributed by atoms with Crippen molar-refractivity contribution >= 4 is 17.3 Å². The lowest BCUT2D eigenvalue weighted by Gasteiger charge is -2.25. The summed E-state index contributed by atoms with van der Waals surface area (Å²) >= 11 is 1.11. The SMILES string of the molecule is CC(C)CC(C)(O)CNCc1csc(C(=O)O)n1. The molecular weight excluding hydrogens is 252 g/mol. The molecular formula is C12H20N2O3S. The molecule has 1 aromatic rings. The van der Waals surface area contributed by atoms with Crippen LogP contribution in [0.1, 0.15) is 42.7 Å². The van der Waals surface area contributed by atoms with Crippen LogP contribution in [0.3, 0.4) is 0 Å². The molecule has 6 heteroatoms. The first-order valence-corrected chi connectivity index (χ1v) is 6.79. The Morgan fingerprint density at radius 1 is 1.61 bits per heavy atom. The molecule has 102 valence electrons. The molecule has 0 spiro atoms. The van der Waals surface area contributed by atoms with Crippen LogP contribution in [0.4, 0.5) is 0 Å². The number of carboxylic acids is 1. The van der Waals surface area contributed by atoms with E-state index in [1.165, 1.54) is 0 Å². The van der Waals surface area contributed by atoms with Gasteiger partial charge in [-0.05, 0) is 19.3 Å². The maximum Gasteiger partial charge on any atom is 0.365 e. The number of aliphatic hydroxyl groups is 1. The van der Waals surface area contributed by atoms with Crippen molar-refractivity contribution < 1.29 is 15.0 Å². The van der Waals surface area contributed by atoms with Crippen LogP contribution in [0.25, 0.3) is 0 Å². The van der Waals surface area contributed by atoms with Crippen molar-refractivity contribution in [2.24, 2.45) is 5.92 Å². The second-order valence-corrected chi connectivity index (χ2v) is 6.01. The van der Waals surface area contributed by atoms with Gasteiger partial charge < -0.3 is 15.5 Å². The molecule has 0 aliphatic rings. The lowest BCUT2D eigenvalue weighted by atomic mass is 9.94. The van der Waals surface area contributed by atoms with E-state index in [2.05, 4.69) is 24.1 Å². The summed E-state index contributed by atoms with van der Waals surface area (Å²) < 4.78 is 0. The van der Waals surface area contributed by atoms with Gasteiger partial charge in [-0.3, -0.25) is 0 Å². The van der Waals surface area contributed by atoms with Gasteiger partial charge in [0.25, 0.3) is 0 Å². The standard InChI is InChI=1S/C12H20N2O3S/c1-8(2)4-12(3,17)7-13-5-9-6-18-10(14-9)11(15)16/h6,8,13,17H,4-5,7H2,1-3H3,(H,15,16). The van der Waals surface area contributed by atoms with Crippen LogP contribution >= 0.6 is 11.3 Å². The van der Waals surface area contributed by atoms with Gasteiger partial charge in [-0.2, -0.15) is 0 Å². The summed E-state index contributed by atoms with van der Waals surface area (Å²) in [5, 5.41) is 23.7. The van der Waals surface area contributed by atoms with Crippen molar-refractivity contribution in [2.45, 2.75) is 39.3 Å². The maximum absolute atomic E-state index is 10.7. The summed E-state index contributed by atoms with van der Waals surface area (Å²) in [6, 6.07) is 0. The molecule has 3 N–H and O–H groups in total. The molecule has 0 fully saturated rings. The van der Waals surface area contributed by atoms with Crippen LogP contribution in [0.5, 0.6) is 0 Å². The molecule has 0 aliphatic carbocycles. The highest BCUT2D eigenvalue weighted by atomic mass is 32.1. The average molecular weight is 272 g/mol. The van der Waals surface area contributed by atoms with Gasteiger partial charge in [-0.1, -0.05) is 13.8 Å². The number of nitrogens with one attached hydrogen (secondary N) is 1. The molecule has 0 radical (unpaired) electrons. The molecule has 0 bridgehead atoms. The Labute approximate surface area is 111 Å². The van der Waals surface area contributed by atoms with E-state index in [1.54, 1.807) is 12.3 Å². The number of nitrogens with zero attached hydrogens (tertiary/aromatic N) is 1. The lowest BCUT2D eigenvalue weighted by molar-refractivity contribution is 0.0382. The van der Waals surface area contributed by atoms with Crippen LogP contribution in [-0.2, 0) is 6.54 Å². The van der Waals surface area contributed by atoms with Crippen LogP contribution in [0.15, 0.2) is 5.38 Å². The lowest BCUT2D eigenvalue weighted by Crippen LogP contribution is -2.38. The molecule has 1 heterocycles. The summed E-state index contributed by atoms with van der Waals surface area (Å²) in [5.74, 6) is -0.572.